The molecule has 0 bridgehead atoms. The van der Waals surface area contributed by atoms with E-state index in [-0.39, 0.29) is 31.0 Å². The molecule has 1 aliphatic rings. The Morgan fingerprint density at radius 3 is 2.93 bits per heavy atom. The molecule has 15 heavy (non-hydrogen) atoms. The molecular formula is C10H21ClN2O2. The van der Waals surface area contributed by atoms with Crippen LogP contribution >= 0.6 is 12.4 Å². The van der Waals surface area contributed by atoms with E-state index in [1.807, 2.05) is 11.8 Å². The molecule has 0 aromatic rings. The summed E-state index contributed by atoms with van der Waals surface area (Å²) in [5, 5.41) is 0. The number of nitrogens with zero attached hydrogens (tertiary/aromatic N) is 1. The van der Waals surface area contributed by atoms with Gasteiger partial charge in [-0.3, -0.25) is 4.79 Å². The molecule has 4 nitrogen and oxygen atoms in total. The minimum Gasteiger partial charge on any atom is -0.372 e. The molecule has 1 fully saturated rings. The van der Waals surface area contributed by atoms with Gasteiger partial charge in [0.05, 0.1) is 0 Å². The lowest BCUT2D eigenvalue weighted by Gasteiger charge is -2.30. The quantitative estimate of drug-likeness (QED) is 0.735. The van der Waals surface area contributed by atoms with Gasteiger partial charge in [-0.05, 0) is 19.3 Å². The molecule has 1 unspecified atom stereocenters. The van der Waals surface area contributed by atoms with Gasteiger partial charge in [0.25, 0.3) is 0 Å². The Balaban J connectivity index is 0.00000196. The van der Waals surface area contributed by atoms with Gasteiger partial charge in [0.15, 0.2) is 0 Å². The molecule has 0 aliphatic carbocycles. The fourth-order valence-corrected chi connectivity index (χ4v) is 1.63. The number of piperidine rings is 1. The molecule has 0 spiro atoms. The van der Waals surface area contributed by atoms with Gasteiger partial charge in [-0.15, -0.1) is 12.4 Å². The number of likely N-dealkylation sites (tertiary alicyclic amines) is 1. The maximum Gasteiger partial charge on any atom is 0.248 e. The van der Waals surface area contributed by atoms with Crippen LogP contribution in [0.5, 0.6) is 0 Å². The van der Waals surface area contributed by atoms with Crippen LogP contribution in [0.25, 0.3) is 0 Å². The predicted molar refractivity (Wildman–Crippen MR) is 62.1 cm³/mol. The molecule has 90 valence electrons. The topological polar surface area (TPSA) is 55.6 Å². The van der Waals surface area contributed by atoms with E-state index in [4.69, 9.17) is 10.5 Å². The van der Waals surface area contributed by atoms with Crippen LogP contribution in [-0.4, -0.2) is 43.2 Å². The third-order valence-electron chi connectivity index (χ3n) is 2.38. The Morgan fingerprint density at radius 1 is 1.60 bits per heavy atom. The summed E-state index contributed by atoms with van der Waals surface area (Å²) in [6, 6.07) is 0.152. The summed E-state index contributed by atoms with van der Waals surface area (Å²) in [5.74, 6) is 0.0774. The lowest BCUT2D eigenvalue weighted by molar-refractivity contribution is -0.137. The second kappa shape index (κ2) is 7.91. The Bertz CT molecular complexity index is 190. The second-order valence-corrected chi connectivity index (χ2v) is 3.79. The van der Waals surface area contributed by atoms with Crippen molar-refractivity contribution in [3.63, 3.8) is 0 Å². The van der Waals surface area contributed by atoms with Gasteiger partial charge in [0.1, 0.15) is 6.61 Å². The summed E-state index contributed by atoms with van der Waals surface area (Å²) in [5.41, 5.74) is 5.78. The van der Waals surface area contributed by atoms with Crippen LogP contribution in [0.2, 0.25) is 0 Å². The zero-order chi connectivity index (χ0) is 10.4. The molecule has 1 amide bonds. The molecule has 2 N–H and O–H groups in total. The first-order valence-corrected chi connectivity index (χ1v) is 5.35. The van der Waals surface area contributed by atoms with Crippen molar-refractivity contribution in [1.82, 2.24) is 4.90 Å². The van der Waals surface area contributed by atoms with E-state index in [0.29, 0.717) is 13.2 Å². The van der Waals surface area contributed by atoms with Crippen LogP contribution in [0.3, 0.4) is 0 Å². The highest BCUT2D eigenvalue weighted by Gasteiger charge is 2.20. The summed E-state index contributed by atoms with van der Waals surface area (Å²) >= 11 is 0. The number of carbonyl (C=O) groups excluding carboxylic acids is 1. The number of halogens is 1. The van der Waals surface area contributed by atoms with Crippen LogP contribution in [0, 0.1) is 0 Å². The zero-order valence-electron chi connectivity index (χ0n) is 9.28. The van der Waals surface area contributed by atoms with Gasteiger partial charge in [0, 0.05) is 25.7 Å². The Hall–Kier alpha value is -0.320. The van der Waals surface area contributed by atoms with Crippen LogP contribution in [0.1, 0.15) is 26.2 Å². The van der Waals surface area contributed by atoms with Crippen molar-refractivity contribution in [1.29, 1.82) is 0 Å². The number of hydrogen-bond donors (Lipinski definition) is 1. The van der Waals surface area contributed by atoms with E-state index in [0.717, 1.165) is 25.8 Å². The van der Waals surface area contributed by atoms with Crippen LogP contribution in [0.15, 0.2) is 0 Å². The number of nitrogens with two attached hydrogens (primary N) is 1. The Morgan fingerprint density at radius 2 is 2.33 bits per heavy atom. The average Bonchev–Trinajstić information content (AvgIpc) is 2.18. The maximum absolute atomic E-state index is 11.6. The van der Waals surface area contributed by atoms with Gasteiger partial charge in [-0.25, -0.2) is 0 Å². The number of hydrogen-bond acceptors (Lipinski definition) is 3. The molecule has 0 saturated carbocycles. The number of carbonyl (C=O) groups is 1. The number of amides is 1. The molecular weight excluding hydrogens is 216 g/mol. The van der Waals surface area contributed by atoms with Crippen molar-refractivity contribution in [3.05, 3.63) is 0 Å². The third-order valence-corrected chi connectivity index (χ3v) is 2.38. The summed E-state index contributed by atoms with van der Waals surface area (Å²) in [6.45, 7) is 4.42. The monoisotopic (exact) mass is 236 g/mol. The highest BCUT2D eigenvalue weighted by molar-refractivity contribution is 5.85. The van der Waals surface area contributed by atoms with E-state index < -0.39 is 0 Å². The van der Waals surface area contributed by atoms with Crippen molar-refractivity contribution in [2.24, 2.45) is 5.73 Å². The summed E-state index contributed by atoms with van der Waals surface area (Å²) in [6.07, 6.45) is 2.99. The zero-order valence-corrected chi connectivity index (χ0v) is 10.1. The van der Waals surface area contributed by atoms with E-state index in [9.17, 15) is 4.79 Å². The predicted octanol–water partition coefficient (Wildman–Crippen LogP) is 0.784. The lowest BCUT2D eigenvalue weighted by Crippen LogP contribution is -2.46. The van der Waals surface area contributed by atoms with Crippen molar-refractivity contribution in [3.8, 4) is 0 Å². The van der Waals surface area contributed by atoms with E-state index in [1.165, 1.54) is 0 Å². The standard InChI is InChI=1S/C10H20N2O2.ClH/c1-2-6-14-8-10(13)12-5-3-4-9(11)7-12;/h9H,2-8,11H2,1H3;1H. The van der Waals surface area contributed by atoms with Crippen molar-refractivity contribution < 1.29 is 9.53 Å². The van der Waals surface area contributed by atoms with Crippen molar-refractivity contribution >= 4 is 18.3 Å². The molecule has 1 rings (SSSR count). The van der Waals surface area contributed by atoms with Gasteiger partial charge < -0.3 is 15.4 Å². The Kier molecular flexibility index (Phi) is 7.74. The first-order valence-electron chi connectivity index (χ1n) is 5.35. The first kappa shape index (κ1) is 14.7. The average molecular weight is 237 g/mol. The van der Waals surface area contributed by atoms with Gasteiger partial charge in [0.2, 0.25) is 5.91 Å². The third kappa shape index (κ3) is 5.35. The molecule has 1 aliphatic heterocycles. The fraction of sp³-hybridized carbons (Fsp3) is 0.900. The van der Waals surface area contributed by atoms with Crippen LogP contribution < -0.4 is 5.73 Å². The number of rotatable bonds is 4. The van der Waals surface area contributed by atoms with Crippen LogP contribution in [0.4, 0.5) is 0 Å². The largest absolute Gasteiger partial charge is 0.372 e. The molecule has 5 heteroatoms. The minimum absolute atomic E-state index is 0. The number of ether oxygens (including phenoxy) is 1. The normalized spacial score (nSPS) is 20.9. The van der Waals surface area contributed by atoms with Crippen molar-refractivity contribution in [2.75, 3.05) is 26.3 Å². The highest BCUT2D eigenvalue weighted by Crippen LogP contribution is 2.08. The summed E-state index contributed by atoms with van der Waals surface area (Å²) in [7, 11) is 0. The molecule has 0 radical (unpaired) electrons. The van der Waals surface area contributed by atoms with Crippen LogP contribution in [-0.2, 0) is 9.53 Å². The summed E-state index contributed by atoms with van der Waals surface area (Å²) < 4.78 is 5.20. The smallest absolute Gasteiger partial charge is 0.248 e. The second-order valence-electron chi connectivity index (χ2n) is 3.79. The molecule has 0 aromatic carbocycles. The molecule has 1 atom stereocenters. The first-order chi connectivity index (χ1) is 6.74. The van der Waals surface area contributed by atoms with Crippen molar-refractivity contribution in [2.45, 2.75) is 32.2 Å². The molecule has 0 aromatic heterocycles. The highest BCUT2D eigenvalue weighted by atomic mass is 35.5. The van der Waals surface area contributed by atoms with E-state index in [2.05, 4.69) is 0 Å². The van der Waals surface area contributed by atoms with E-state index >= 15 is 0 Å². The van der Waals surface area contributed by atoms with E-state index in [1.54, 1.807) is 0 Å². The SMILES string of the molecule is CCCOCC(=O)N1CCCC(N)C1.Cl. The lowest BCUT2D eigenvalue weighted by atomic mass is 10.1. The minimum atomic E-state index is 0. The summed E-state index contributed by atoms with van der Waals surface area (Å²) in [4.78, 5) is 13.4. The fourth-order valence-electron chi connectivity index (χ4n) is 1.63. The maximum atomic E-state index is 11.6. The molecule has 1 saturated heterocycles. The van der Waals surface area contributed by atoms with Gasteiger partial charge in [-0.1, -0.05) is 6.92 Å². The Labute approximate surface area is 97.5 Å². The molecule has 1 heterocycles. The van der Waals surface area contributed by atoms with Gasteiger partial charge in [-0.2, -0.15) is 0 Å². The van der Waals surface area contributed by atoms with Gasteiger partial charge >= 0.3 is 0 Å².